The van der Waals surface area contributed by atoms with Gasteiger partial charge in [-0.2, -0.15) is 0 Å². The van der Waals surface area contributed by atoms with Crippen molar-refractivity contribution >= 4 is 37.1 Å². The maximum absolute atomic E-state index is 14.1. The number of fused-ring (bicyclic) bond motifs is 1. The van der Waals surface area contributed by atoms with Crippen molar-refractivity contribution < 1.29 is 17.5 Å². The predicted molar refractivity (Wildman–Crippen MR) is 112 cm³/mol. The minimum atomic E-state index is -2.89. The molecule has 6 nitrogen and oxygen atoms in total. The third-order valence-electron chi connectivity index (χ3n) is 4.50. The molecule has 2 N–H and O–H groups in total. The van der Waals surface area contributed by atoms with Crippen LogP contribution in [-0.4, -0.2) is 49.4 Å². The quantitative estimate of drug-likeness (QED) is 0.507. The Balaban J connectivity index is 1.51. The largest absolute Gasteiger partial charge is 0.453 e. The molecule has 0 amide bonds. The molecule has 150 valence electrons. The molecule has 1 saturated heterocycles. The smallest absolute Gasteiger partial charge is 0.167 e. The van der Waals surface area contributed by atoms with Crippen molar-refractivity contribution in [2.24, 2.45) is 0 Å². The molecule has 0 atom stereocenters. The van der Waals surface area contributed by atoms with Crippen LogP contribution < -0.4 is 10.5 Å². The first-order chi connectivity index (χ1) is 13.9. The van der Waals surface area contributed by atoms with Gasteiger partial charge in [-0.1, -0.05) is 11.8 Å². The van der Waals surface area contributed by atoms with E-state index in [0.717, 1.165) is 15.1 Å². The molecule has 0 bridgehead atoms. The Morgan fingerprint density at radius 3 is 2.76 bits per heavy atom. The molecule has 1 fully saturated rings. The second-order valence-electron chi connectivity index (χ2n) is 6.66. The molecule has 0 unspecified atom stereocenters. The molecule has 4 rings (SSSR count). The zero-order valence-electron chi connectivity index (χ0n) is 15.4. The number of aromatic nitrogens is 1. The number of hydrogen-bond donors (Lipinski definition) is 1. The van der Waals surface area contributed by atoms with Gasteiger partial charge in [0.1, 0.15) is 5.75 Å². The number of pyridine rings is 1. The van der Waals surface area contributed by atoms with E-state index in [9.17, 15) is 12.8 Å². The van der Waals surface area contributed by atoms with Crippen molar-refractivity contribution in [3.8, 4) is 23.3 Å². The fraction of sp³-hybridized carbons (Fsp3) is 0.250. The SMILES string of the molecule is Nc1ccc(Oc2ccnc3cc(C#CCN4CCS(=O)(=O)CC4)sc23)c(F)c1. The number of halogens is 1. The molecule has 0 spiro atoms. The van der Waals surface area contributed by atoms with Crippen LogP contribution >= 0.6 is 11.3 Å². The molecular weight excluding hydrogens is 413 g/mol. The van der Waals surface area contributed by atoms with Crippen molar-refractivity contribution in [3.05, 3.63) is 47.2 Å². The summed E-state index contributed by atoms with van der Waals surface area (Å²) < 4.78 is 43.5. The molecule has 1 aliphatic heterocycles. The molecule has 1 aliphatic rings. The number of rotatable bonds is 3. The molecule has 0 aliphatic carbocycles. The third kappa shape index (κ3) is 4.67. The van der Waals surface area contributed by atoms with Gasteiger partial charge in [-0.05, 0) is 18.2 Å². The number of benzene rings is 1. The van der Waals surface area contributed by atoms with Crippen LogP contribution in [0, 0.1) is 17.7 Å². The lowest BCUT2D eigenvalue weighted by Gasteiger charge is -2.24. The van der Waals surface area contributed by atoms with E-state index in [4.69, 9.17) is 10.5 Å². The first-order valence-electron chi connectivity index (χ1n) is 8.93. The van der Waals surface area contributed by atoms with E-state index in [1.165, 1.54) is 23.5 Å². The van der Waals surface area contributed by atoms with Crippen molar-refractivity contribution in [1.82, 2.24) is 9.88 Å². The van der Waals surface area contributed by atoms with E-state index in [2.05, 4.69) is 16.8 Å². The maximum atomic E-state index is 14.1. The summed E-state index contributed by atoms with van der Waals surface area (Å²) in [6, 6.07) is 7.82. The van der Waals surface area contributed by atoms with E-state index in [1.807, 2.05) is 11.0 Å². The predicted octanol–water partition coefficient (Wildman–Crippen LogP) is 2.89. The van der Waals surface area contributed by atoms with Crippen molar-refractivity contribution in [2.75, 3.05) is 36.9 Å². The molecule has 1 aromatic carbocycles. The summed E-state index contributed by atoms with van der Waals surface area (Å²) in [5.41, 5.74) is 6.62. The average Bonchev–Trinajstić information content (AvgIpc) is 3.09. The highest BCUT2D eigenvalue weighted by Crippen LogP contribution is 2.35. The fourth-order valence-corrected chi connectivity index (χ4v) is 5.14. The van der Waals surface area contributed by atoms with Crippen LogP contribution in [0.1, 0.15) is 4.88 Å². The maximum Gasteiger partial charge on any atom is 0.167 e. The van der Waals surface area contributed by atoms with Gasteiger partial charge >= 0.3 is 0 Å². The topological polar surface area (TPSA) is 85.5 Å². The Bertz CT molecular complexity index is 1210. The van der Waals surface area contributed by atoms with Crippen LogP contribution in [0.4, 0.5) is 10.1 Å². The molecule has 2 aromatic heterocycles. The number of anilines is 1. The number of ether oxygens (including phenoxy) is 1. The van der Waals surface area contributed by atoms with E-state index >= 15 is 0 Å². The fourth-order valence-electron chi connectivity index (χ4n) is 2.92. The summed E-state index contributed by atoms with van der Waals surface area (Å²) in [5.74, 6) is 6.62. The van der Waals surface area contributed by atoms with E-state index in [-0.39, 0.29) is 17.3 Å². The zero-order valence-corrected chi connectivity index (χ0v) is 17.0. The van der Waals surface area contributed by atoms with Crippen LogP contribution in [-0.2, 0) is 9.84 Å². The molecule has 9 heteroatoms. The summed E-state index contributed by atoms with van der Waals surface area (Å²) in [7, 11) is -2.89. The summed E-state index contributed by atoms with van der Waals surface area (Å²) in [5, 5.41) is 0. The van der Waals surface area contributed by atoms with Crippen LogP contribution in [0.2, 0.25) is 0 Å². The van der Waals surface area contributed by atoms with Crippen LogP contribution in [0.25, 0.3) is 10.2 Å². The summed E-state index contributed by atoms with van der Waals surface area (Å²) in [4.78, 5) is 7.16. The summed E-state index contributed by atoms with van der Waals surface area (Å²) in [6.07, 6.45) is 1.60. The molecule has 0 radical (unpaired) electrons. The Morgan fingerprint density at radius 1 is 1.21 bits per heavy atom. The second kappa shape index (κ2) is 7.99. The highest BCUT2D eigenvalue weighted by molar-refractivity contribution is 7.91. The number of hydrogen-bond acceptors (Lipinski definition) is 7. The first-order valence-corrected chi connectivity index (χ1v) is 11.6. The van der Waals surface area contributed by atoms with E-state index < -0.39 is 15.7 Å². The van der Waals surface area contributed by atoms with Crippen molar-refractivity contribution in [1.29, 1.82) is 0 Å². The van der Waals surface area contributed by atoms with Crippen molar-refractivity contribution in [2.45, 2.75) is 0 Å². The van der Waals surface area contributed by atoms with Gasteiger partial charge < -0.3 is 10.5 Å². The highest BCUT2D eigenvalue weighted by Gasteiger charge is 2.20. The molecule has 3 aromatic rings. The Labute approximate surface area is 172 Å². The second-order valence-corrected chi connectivity index (χ2v) is 10.0. The normalized spacial score (nSPS) is 16.3. The molecule has 0 saturated carbocycles. The minimum Gasteiger partial charge on any atom is -0.453 e. The van der Waals surface area contributed by atoms with Gasteiger partial charge in [-0.15, -0.1) is 11.3 Å². The van der Waals surface area contributed by atoms with Gasteiger partial charge in [0.2, 0.25) is 0 Å². The monoisotopic (exact) mass is 431 g/mol. The summed E-state index contributed by atoms with van der Waals surface area (Å²) in [6.45, 7) is 1.53. The minimum absolute atomic E-state index is 0.0905. The molecule has 3 heterocycles. The van der Waals surface area contributed by atoms with Gasteiger partial charge in [0.25, 0.3) is 0 Å². The van der Waals surface area contributed by atoms with Gasteiger partial charge in [-0.25, -0.2) is 12.8 Å². The number of thiophene rings is 1. The van der Waals surface area contributed by atoms with Crippen LogP contribution in [0.15, 0.2) is 36.5 Å². The van der Waals surface area contributed by atoms with Gasteiger partial charge in [-0.3, -0.25) is 9.88 Å². The number of sulfone groups is 1. The Kier molecular flexibility index (Phi) is 5.41. The Hall–Kier alpha value is -2.67. The Morgan fingerprint density at radius 2 is 2.00 bits per heavy atom. The van der Waals surface area contributed by atoms with Crippen LogP contribution in [0.3, 0.4) is 0 Å². The number of nitrogens with two attached hydrogens (primary N) is 1. The van der Waals surface area contributed by atoms with Crippen molar-refractivity contribution in [3.63, 3.8) is 0 Å². The zero-order chi connectivity index (χ0) is 20.4. The highest BCUT2D eigenvalue weighted by atomic mass is 32.2. The standard InChI is InChI=1S/C20H18FN3O3S2/c21-16-12-14(22)3-4-18(16)27-19-5-6-23-17-13-15(28-20(17)19)2-1-7-24-8-10-29(25,26)11-9-24/h3-6,12-13H,7-11,22H2. The van der Waals surface area contributed by atoms with E-state index in [0.29, 0.717) is 31.1 Å². The molecule has 29 heavy (non-hydrogen) atoms. The lowest BCUT2D eigenvalue weighted by atomic mass is 10.3. The van der Waals surface area contributed by atoms with Crippen LogP contribution in [0.5, 0.6) is 11.5 Å². The average molecular weight is 432 g/mol. The first kappa shape index (κ1) is 19.6. The number of nitrogen functional groups attached to an aromatic ring is 1. The molecular formula is C20H18FN3O3S2. The third-order valence-corrected chi connectivity index (χ3v) is 7.17. The lowest BCUT2D eigenvalue weighted by Crippen LogP contribution is -2.40. The van der Waals surface area contributed by atoms with Gasteiger partial charge in [0.05, 0.1) is 33.1 Å². The van der Waals surface area contributed by atoms with E-state index in [1.54, 1.807) is 18.3 Å². The lowest BCUT2D eigenvalue weighted by molar-refractivity contribution is 0.332. The van der Waals surface area contributed by atoms with Gasteiger partial charge in [0, 0.05) is 37.1 Å². The number of nitrogens with zero attached hydrogens (tertiary/aromatic N) is 2. The summed E-state index contributed by atoms with van der Waals surface area (Å²) >= 11 is 1.42. The van der Waals surface area contributed by atoms with Gasteiger partial charge in [0.15, 0.2) is 21.4 Å².